The highest BCUT2D eigenvalue weighted by atomic mass is 16.6. The van der Waals surface area contributed by atoms with Gasteiger partial charge < -0.3 is 19.7 Å². The van der Waals surface area contributed by atoms with Crippen LogP contribution in [0.25, 0.3) is 0 Å². The van der Waals surface area contributed by atoms with Crippen molar-refractivity contribution in [3.05, 3.63) is 39.4 Å². The molecule has 0 amide bonds. The van der Waals surface area contributed by atoms with Crippen LogP contribution in [0.2, 0.25) is 0 Å². The van der Waals surface area contributed by atoms with E-state index in [4.69, 9.17) is 0 Å². The molecular formula is C13H15NO8. The monoisotopic (exact) mass is 313 g/mol. The zero-order valence-corrected chi connectivity index (χ0v) is 11.9. The Kier molecular flexibility index (Phi) is 5.96. The Morgan fingerprint density at radius 3 is 2.50 bits per heavy atom. The van der Waals surface area contributed by atoms with Crippen molar-refractivity contribution in [1.82, 2.24) is 0 Å². The van der Waals surface area contributed by atoms with Gasteiger partial charge in [0.1, 0.15) is 6.10 Å². The van der Waals surface area contributed by atoms with Crippen LogP contribution in [-0.4, -0.2) is 46.9 Å². The Balaban J connectivity index is 3.20. The van der Waals surface area contributed by atoms with E-state index in [9.17, 15) is 29.9 Å². The molecular weight excluding hydrogens is 298 g/mol. The topological polar surface area (TPSA) is 136 Å². The van der Waals surface area contributed by atoms with Gasteiger partial charge in [0.15, 0.2) is 6.10 Å². The van der Waals surface area contributed by atoms with Gasteiger partial charge in [0.25, 0.3) is 5.69 Å². The SMILES string of the molecule is CCOC(=O)C(O)C(O)c1ccc(C(=O)OC)cc1[N+](=O)[O-]. The van der Waals surface area contributed by atoms with Crippen LogP contribution in [0.15, 0.2) is 18.2 Å². The van der Waals surface area contributed by atoms with Crippen molar-refractivity contribution in [2.75, 3.05) is 13.7 Å². The Morgan fingerprint density at radius 2 is 2.00 bits per heavy atom. The average molecular weight is 313 g/mol. The summed E-state index contributed by atoms with van der Waals surface area (Å²) in [6.45, 7) is 1.48. The van der Waals surface area contributed by atoms with Crippen LogP contribution in [-0.2, 0) is 14.3 Å². The molecule has 0 saturated carbocycles. The lowest BCUT2D eigenvalue weighted by Gasteiger charge is -2.17. The van der Waals surface area contributed by atoms with E-state index in [2.05, 4.69) is 9.47 Å². The van der Waals surface area contributed by atoms with Crippen molar-refractivity contribution in [2.24, 2.45) is 0 Å². The van der Waals surface area contributed by atoms with E-state index in [1.807, 2.05) is 0 Å². The molecule has 2 N–H and O–H groups in total. The second-order valence-electron chi connectivity index (χ2n) is 4.16. The van der Waals surface area contributed by atoms with Gasteiger partial charge in [-0.1, -0.05) is 0 Å². The number of benzene rings is 1. The van der Waals surface area contributed by atoms with Crippen molar-refractivity contribution in [3.8, 4) is 0 Å². The number of aliphatic hydroxyl groups is 2. The number of nitro groups is 1. The molecule has 0 radical (unpaired) electrons. The van der Waals surface area contributed by atoms with E-state index < -0.39 is 34.8 Å². The van der Waals surface area contributed by atoms with Gasteiger partial charge in [-0.3, -0.25) is 10.1 Å². The van der Waals surface area contributed by atoms with Crippen molar-refractivity contribution in [3.63, 3.8) is 0 Å². The number of hydrogen-bond acceptors (Lipinski definition) is 8. The lowest BCUT2D eigenvalue weighted by molar-refractivity contribution is -0.386. The normalized spacial score (nSPS) is 13.1. The van der Waals surface area contributed by atoms with Gasteiger partial charge in [0.05, 0.1) is 29.8 Å². The molecule has 9 heteroatoms. The van der Waals surface area contributed by atoms with Crippen LogP contribution in [0.1, 0.15) is 28.9 Å². The molecule has 2 atom stereocenters. The first-order chi connectivity index (χ1) is 10.3. The number of carbonyl (C=O) groups is 2. The zero-order valence-electron chi connectivity index (χ0n) is 11.9. The molecule has 0 spiro atoms. The highest BCUT2D eigenvalue weighted by Crippen LogP contribution is 2.29. The molecule has 0 fully saturated rings. The third-order valence-corrected chi connectivity index (χ3v) is 2.79. The molecule has 9 nitrogen and oxygen atoms in total. The molecule has 2 unspecified atom stereocenters. The predicted molar refractivity (Wildman–Crippen MR) is 72.0 cm³/mol. The summed E-state index contributed by atoms with van der Waals surface area (Å²) >= 11 is 0. The average Bonchev–Trinajstić information content (AvgIpc) is 2.52. The van der Waals surface area contributed by atoms with Gasteiger partial charge >= 0.3 is 11.9 Å². The molecule has 1 rings (SSSR count). The standard InChI is InChI=1S/C13H15NO8/c1-3-22-13(18)11(16)10(15)8-5-4-7(12(17)21-2)6-9(8)14(19)20/h4-6,10-11,15-16H,3H2,1-2H3. The summed E-state index contributed by atoms with van der Waals surface area (Å²) in [5.41, 5.74) is -1.05. The fourth-order valence-corrected chi connectivity index (χ4v) is 1.72. The third-order valence-electron chi connectivity index (χ3n) is 2.79. The van der Waals surface area contributed by atoms with Gasteiger partial charge in [-0.2, -0.15) is 0 Å². The molecule has 0 aliphatic carbocycles. The lowest BCUT2D eigenvalue weighted by Crippen LogP contribution is -2.30. The summed E-state index contributed by atoms with van der Waals surface area (Å²) in [7, 11) is 1.11. The number of ether oxygens (including phenoxy) is 2. The second-order valence-corrected chi connectivity index (χ2v) is 4.16. The van der Waals surface area contributed by atoms with Gasteiger partial charge in [-0.15, -0.1) is 0 Å². The number of nitrogens with zero attached hydrogens (tertiary/aromatic N) is 1. The maximum atomic E-state index is 11.4. The number of methoxy groups -OCH3 is 1. The quantitative estimate of drug-likeness (QED) is 0.436. The minimum atomic E-state index is -1.98. The summed E-state index contributed by atoms with van der Waals surface area (Å²) in [6.07, 6.45) is -3.85. The molecule has 120 valence electrons. The van der Waals surface area contributed by atoms with Crippen LogP contribution >= 0.6 is 0 Å². The first kappa shape index (κ1) is 17.5. The third kappa shape index (κ3) is 3.77. The minimum Gasteiger partial charge on any atom is -0.465 e. The van der Waals surface area contributed by atoms with Gasteiger partial charge in [-0.05, 0) is 19.1 Å². The Labute approximate surface area is 125 Å². The number of esters is 2. The van der Waals surface area contributed by atoms with Crippen LogP contribution in [0, 0.1) is 10.1 Å². The van der Waals surface area contributed by atoms with Gasteiger partial charge in [-0.25, -0.2) is 9.59 Å². The van der Waals surface area contributed by atoms with Crippen LogP contribution in [0.3, 0.4) is 0 Å². The van der Waals surface area contributed by atoms with Crippen molar-refractivity contribution < 1.29 is 34.2 Å². The molecule has 22 heavy (non-hydrogen) atoms. The summed E-state index contributed by atoms with van der Waals surface area (Å²) in [6, 6.07) is 3.13. The first-order valence-electron chi connectivity index (χ1n) is 6.22. The molecule has 0 aliphatic heterocycles. The number of rotatable bonds is 6. The first-order valence-corrected chi connectivity index (χ1v) is 6.22. The molecule has 0 aromatic heterocycles. The van der Waals surface area contributed by atoms with Crippen molar-refractivity contribution in [1.29, 1.82) is 0 Å². The van der Waals surface area contributed by atoms with E-state index in [0.29, 0.717) is 0 Å². The van der Waals surface area contributed by atoms with Crippen LogP contribution in [0.5, 0.6) is 0 Å². The smallest absolute Gasteiger partial charge is 0.338 e. The van der Waals surface area contributed by atoms with E-state index in [1.54, 1.807) is 0 Å². The van der Waals surface area contributed by atoms with Crippen LogP contribution in [0.4, 0.5) is 5.69 Å². The van der Waals surface area contributed by atoms with Crippen LogP contribution < -0.4 is 0 Å². The van der Waals surface area contributed by atoms with Crippen molar-refractivity contribution in [2.45, 2.75) is 19.1 Å². The Morgan fingerprint density at radius 1 is 1.36 bits per heavy atom. The van der Waals surface area contributed by atoms with E-state index >= 15 is 0 Å². The highest BCUT2D eigenvalue weighted by molar-refractivity contribution is 5.90. The van der Waals surface area contributed by atoms with Gasteiger partial charge in [0, 0.05) is 6.07 Å². The maximum absolute atomic E-state index is 11.4. The number of carbonyl (C=O) groups excluding carboxylic acids is 2. The molecule has 1 aromatic carbocycles. The van der Waals surface area contributed by atoms with Gasteiger partial charge in [0.2, 0.25) is 0 Å². The molecule has 1 aromatic rings. The fraction of sp³-hybridized carbons (Fsp3) is 0.385. The molecule has 0 bridgehead atoms. The highest BCUT2D eigenvalue weighted by Gasteiger charge is 2.32. The Hall–Kier alpha value is -2.52. The zero-order chi connectivity index (χ0) is 16.9. The van der Waals surface area contributed by atoms with E-state index in [0.717, 1.165) is 19.2 Å². The lowest BCUT2D eigenvalue weighted by atomic mass is 10.0. The minimum absolute atomic E-state index is 0.0218. The maximum Gasteiger partial charge on any atom is 0.338 e. The largest absolute Gasteiger partial charge is 0.465 e. The summed E-state index contributed by atoms with van der Waals surface area (Å²) in [5, 5.41) is 30.6. The predicted octanol–water partition coefficient (Wildman–Crippen LogP) is 0.339. The van der Waals surface area contributed by atoms with E-state index in [-0.39, 0.29) is 17.7 Å². The molecule has 0 saturated heterocycles. The number of aliphatic hydroxyl groups excluding tert-OH is 2. The molecule has 0 aliphatic rings. The fourth-order valence-electron chi connectivity index (χ4n) is 1.72. The summed E-state index contributed by atoms with van der Waals surface area (Å²) < 4.78 is 8.97. The molecule has 0 heterocycles. The number of hydrogen-bond donors (Lipinski definition) is 2. The number of nitro benzene ring substituents is 1. The second kappa shape index (κ2) is 7.48. The Bertz CT molecular complexity index is 585. The van der Waals surface area contributed by atoms with Crippen molar-refractivity contribution >= 4 is 17.6 Å². The summed E-state index contributed by atoms with van der Waals surface area (Å²) in [4.78, 5) is 33.0. The van der Waals surface area contributed by atoms with E-state index in [1.165, 1.54) is 13.0 Å². The summed E-state index contributed by atoms with van der Waals surface area (Å²) in [5.74, 6) is -1.91.